The van der Waals surface area contributed by atoms with Crippen molar-refractivity contribution in [2.24, 2.45) is 0 Å². The van der Waals surface area contributed by atoms with Crippen LogP contribution in [0.15, 0.2) is 24.8 Å². The highest BCUT2D eigenvalue weighted by Crippen LogP contribution is 2.35. The molecule has 5 rings (SSSR count). The molecule has 1 aliphatic rings. The summed E-state index contributed by atoms with van der Waals surface area (Å²) < 4.78 is 77.4. The number of ether oxygens (including phenoxy) is 1. The Hall–Kier alpha value is -3.55. The molecule has 174 valence electrons. The Morgan fingerprint density at radius 2 is 1.97 bits per heavy atom. The Labute approximate surface area is 182 Å². The zero-order valence-corrected chi connectivity index (χ0v) is 17.3. The fourth-order valence-electron chi connectivity index (χ4n) is 3.97. The number of likely N-dealkylation sites (tertiary alicyclic amines) is 1. The maximum atomic E-state index is 15.0. The van der Waals surface area contributed by atoms with Gasteiger partial charge in [-0.3, -0.25) is 9.30 Å². The van der Waals surface area contributed by atoms with E-state index in [1.54, 1.807) is 7.05 Å². The summed E-state index contributed by atoms with van der Waals surface area (Å²) in [5.74, 6) is -4.02. The van der Waals surface area contributed by atoms with Gasteiger partial charge in [0.2, 0.25) is 17.6 Å². The highest BCUT2D eigenvalue weighted by Gasteiger charge is 2.47. The summed E-state index contributed by atoms with van der Waals surface area (Å²) in [5.41, 5.74) is -0.224. The van der Waals surface area contributed by atoms with Gasteiger partial charge in [-0.1, -0.05) is 0 Å². The molecule has 0 radical (unpaired) electrons. The molecule has 33 heavy (non-hydrogen) atoms. The molecular formula is C19H17F5N8O. The molecule has 0 aromatic carbocycles. The van der Waals surface area contributed by atoms with E-state index in [1.807, 2.05) is 0 Å². The predicted octanol–water partition coefficient (Wildman–Crippen LogP) is 2.89. The fraction of sp³-hybridized carbons (Fsp3) is 0.368. The summed E-state index contributed by atoms with van der Waals surface area (Å²) in [6.07, 6.45) is 1.74. The second-order valence-corrected chi connectivity index (χ2v) is 7.74. The molecule has 1 atom stereocenters. The smallest absolute Gasteiger partial charge is 0.281 e. The van der Waals surface area contributed by atoms with Crippen LogP contribution in [0.1, 0.15) is 12.1 Å². The van der Waals surface area contributed by atoms with Crippen molar-refractivity contribution >= 4 is 17.2 Å². The van der Waals surface area contributed by atoms with Gasteiger partial charge in [-0.05, 0) is 7.05 Å². The highest BCUT2D eigenvalue weighted by atomic mass is 19.3. The highest BCUT2D eigenvalue weighted by molar-refractivity contribution is 5.84. The first-order valence-corrected chi connectivity index (χ1v) is 9.75. The number of likely N-dealkylation sites (N-methyl/N-ethyl adjacent to an activating group) is 1. The van der Waals surface area contributed by atoms with Gasteiger partial charge in [0.1, 0.15) is 17.3 Å². The number of aromatic nitrogens is 6. The third-order valence-corrected chi connectivity index (χ3v) is 5.44. The SMILES string of the molecule is COc1nc(NC2CN(C)CC2(F)F)nn2cc(F)c(-c3cnc4ncc(C(F)F)n4c3)c12. The molecule has 1 fully saturated rings. The standard InChI is InChI=1S/C19H17F5N8O/c1-30-7-12(19(23,24)8-30)27-17-28-16(33-2)14-13(10(20)6-32(14)29-17)9-3-25-18-26-4-11(15(21)22)31(18)5-9/h3-6,12,15H,7-8H2,1-2H3,(H,27,29). The molecule has 1 N–H and O–H groups in total. The lowest BCUT2D eigenvalue weighted by Gasteiger charge is -2.19. The number of halogens is 5. The van der Waals surface area contributed by atoms with Crippen LogP contribution in [0.25, 0.3) is 22.4 Å². The summed E-state index contributed by atoms with van der Waals surface area (Å²) in [4.78, 5) is 13.4. The Morgan fingerprint density at radius 3 is 2.64 bits per heavy atom. The van der Waals surface area contributed by atoms with Crippen molar-refractivity contribution in [2.75, 3.05) is 32.6 Å². The number of nitrogens with one attached hydrogen (secondary N) is 1. The van der Waals surface area contributed by atoms with Gasteiger partial charge in [0.15, 0.2) is 5.82 Å². The Bertz CT molecular complexity index is 1350. The molecule has 9 nitrogen and oxygen atoms in total. The Morgan fingerprint density at radius 1 is 1.21 bits per heavy atom. The Balaban J connectivity index is 1.61. The zero-order chi connectivity index (χ0) is 23.5. The van der Waals surface area contributed by atoms with Crippen LogP contribution in [0.5, 0.6) is 5.88 Å². The van der Waals surface area contributed by atoms with Gasteiger partial charge >= 0.3 is 0 Å². The molecule has 4 aromatic rings. The molecule has 0 bridgehead atoms. The van der Waals surface area contributed by atoms with E-state index in [4.69, 9.17) is 4.74 Å². The molecule has 5 heterocycles. The lowest BCUT2D eigenvalue weighted by Crippen LogP contribution is -2.38. The predicted molar refractivity (Wildman–Crippen MR) is 106 cm³/mol. The van der Waals surface area contributed by atoms with Crippen molar-refractivity contribution in [1.29, 1.82) is 0 Å². The average molecular weight is 468 g/mol. The monoisotopic (exact) mass is 468 g/mol. The lowest BCUT2D eigenvalue weighted by atomic mass is 10.1. The van der Waals surface area contributed by atoms with Crippen LogP contribution in [-0.4, -0.2) is 73.1 Å². The molecular weight excluding hydrogens is 451 g/mol. The minimum absolute atomic E-state index is 0.0233. The average Bonchev–Trinajstić information content (AvgIpc) is 3.39. The number of alkyl halides is 4. The van der Waals surface area contributed by atoms with E-state index in [-0.39, 0.29) is 40.8 Å². The molecule has 1 saturated heterocycles. The van der Waals surface area contributed by atoms with E-state index in [1.165, 1.54) is 24.4 Å². The van der Waals surface area contributed by atoms with Gasteiger partial charge < -0.3 is 10.1 Å². The van der Waals surface area contributed by atoms with E-state index in [2.05, 4.69) is 25.4 Å². The summed E-state index contributed by atoms with van der Waals surface area (Å²) >= 11 is 0. The largest absolute Gasteiger partial charge is 0.479 e. The number of rotatable bonds is 5. The van der Waals surface area contributed by atoms with Crippen LogP contribution in [0, 0.1) is 5.82 Å². The quantitative estimate of drug-likeness (QED) is 0.451. The molecule has 4 aromatic heterocycles. The van der Waals surface area contributed by atoms with Crippen LogP contribution in [-0.2, 0) is 0 Å². The van der Waals surface area contributed by atoms with Gasteiger partial charge in [0, 0.05) is 24.5 Å². The van der Waals surface area contributed by atoms with Crippen molar-refractivity contribution in [3.8, 4) is 17.0 Å². The van der Waals surface area contributed by atoms with Crippen molar-refractivity contribution < 1.29 is 26.7 Å². The molecule has 0 amide bonds. The minimum Gasteiger partial charge on any atom is -0.479 e. The van der Waals surface area contributed by atoms with E-state index in [0.717, 1.165) is 21.3 Å². The summed E-state index contributed by atoms with van der Waals surface area (Å²) in [6.45, 7) is -0.359. The lowest BCUT2D eigenvalue weighted by molar-refractivity contribution is 0.00582. The van der Waals surface area contributed by atoms with Crippen molar-refractivity contribution in [1.82, 2.24) is 33.9 Å². The van der Waals surface area contributed by atoms with Crippen LogP contribution >= 0.6 is 0 Å². The van der Waals surface area contributed by atoms with E-state index in [0.29, 0.717) is 0 Å². The van der Waals surface area contributed by atoms with E-state index in [9.17, 15) is 17.6 Å². The van der Waals surface area contributed by atoms with Crippen LogP contribution in [0.3, 0.4) is 0 Å². The maximum Gasteiger partial charge on any atom is 0.281 e. The first kappa shape index (κ1) is 21.3. The number of imidazole rings is 1. The summed E-state index contributed by atoms with van der Waals surface area (Å²) in [6, 6.07) is -1.25. The number of anilines is 1. The van der Waals surface area contributed by atoms with Crippen molar-refractivity contribution in [3.63, 3.8) is 0 Å². The fourth-order valence-corrected chi connectivity index (χ4v) is 3.97. The van der Waals surface area contributed by atoms with Crippen LogP contribution in [0.2, 0.25) is 0 Å². The minimum atomic E-state index is -3.01. The van der Waals surface area contributed by atoms with Crippen molar-refractivity contribution in [2.45, 2.75) is 18.4 Å². The van der Waals surface area contributed by atoms with E-state index < -0.39 is 36.4 Å². The van der Waals surface area contributed by atoms with E-state index >= 15 is 4.39 Å². The molecule has 0 spiro atoms. The molecule has 14 heteroatoms. The van der Waals surface area contributed by atoms with Crippen LogP contribution in [0.4, 0.5) is 27.9 Å². The van der Waals surface area contributed by atoms with Gasteiger partial charge in [-0.2, -0.15) is 4.98 Å². The second kappa shape index (κ2) is 7.50. The number of nitrogens with zero attached hydrogens (tertiary/aromatic N) is 7. The Kier molecular flexibility index (Phi) is 4.84. The molecule has 1 unspecified atom stereocenters. The number of hydrogen-bond acceptors (Lipinski definition) is 7. The molecule has 0 aliphatic carbocycles. The third kappa shape index (κ3) is 3.50. The second-order valence-electron chi connectivity index (χ2n) is 7.74. The summed E-state index contributed by atoms with van der Waals surface area (Å²) in [5, 5.41) is 6.70. The number of hydrogen-bond donors (Lipinski definition) is 1. The summed E-state index contributed by atoms with van der Waals surface area (Å²) in [7, 11) is 2.85. The first-order chi connectivity index (χ1) is 15.7. The van der Waals surface area contributed by atoms with Crippen LogP contribution < -0.4 is 10.1 Å². The maximum absolute atomic E-state index is 15.0. The topological polar surface area (TPSA) is 84.9 Å². The number of fused-ring (bicyclic) bond motifs is 2. The normalized spacial score (nSPS) is 18.6. The molecule has 0 saturated carbocycles. The van der Waals surface area contributed by atoms with Gasteiger partial charge in [-0.25, -0.2) is 36.4 Å². The first-order valence-electron chi connectivity index (χ1n) is 9.75. The van der Waals surface area contributed by atoms with Gasteiger partial charge in [0.05, 0.1) is 31.6 Å². The number of methoxy groups -OCH3 is 1. The van der Waals surface area contributed by atoms with Gasteiger partial charge in [-0.15, -0.1) is 5.10 Å². The molecule has 1 aliphatic heterocycles. The van der Waals surface area contributed by atoms with Gasteiger partial charge in [0.25, 0.3) is 12.3 Å². The van der Waals surface area contributed by atoms with Crippen molar-refractivity contribution in [3.05, 3.63) is 36.3 Å². The third-order valence-electron chi connectivity index (χ3n) is 5.44. The zero-order valence-electron chi connectivity index (χ0n) is 17.3.